The molecule has 0 radical (unpaired) electrons. The number of ether oxygens (including phenoxy) is 1. The van der Waals surface area contributed by atoms with Crippen LogP contribution in [0.5, 0.6) is 0 Å². The van der Waals surface area contributed by atoms with Crippen LogP contribution in [0.2, 0.25) is 0 Å². The Labute approximate surface area is 149 Å². The summed E-state index contributed by atoms with van der Waals surface area (Å²) in [5.74, 6) is 0.215. The summed E-state index contributed by atoms with van der Waals surface area (Å²) in [6, 6.07) is 9.13. The summed E-state index contributed by atoms with van der Waals surface area (Å²) in [6.07, 6.45) is 0. The number of carbonyl (C=O) groups is 2. The van der Waals surface area contributed by atoms with Gasteiger partial charge in [-0.25, -0.2) is 14.5 Å². The molecule has 0 saturated carbocycles. The number of hydrogen-bond acceptors (Lipinski definition) is 6. The van der Waals surface area contributed by atoms with Crippen LogP contribution in [0, 0.1) is 18.3 Å². The number of rotatable bonds is 3. The van der Waals surface area contributed by atoms with Crippen molar-refractivity contribution in [1.82, 2.24) is 10.5 Å². The van der Waals surface area contributed by atoms with E-state index in [0.29, 0.717) is 22.6 Å². The standard InChI is InChI=1S/C18H16N4O4/c1-10-7-14(21-26-10)22-11(2)15(17(23)25-3)16(20-18(22)24)13-6-4-5-12(8-13)9-19/h4-8,16H,1-3H3,(H,20,24)/t16-/m0/s1. The van der Waals surface area contributed by atoms with E-state index < -0.39 is 18.0 Å². The summed E-state index contributed by atoms with van der Waals surface area (Å²) < 4.78 is 9.94. The number of methoxy groups -OCH3 is 1. The predicted octanol–water partition coefficient (Wildman–Crippen LogP) is 2.57. The fourth-order valence-electron chi connectivity index (χ4n) is 2.89. The molecule has 1 aromatic carbocycles. The minimum absolute atomic E-state index is 0.253. The maximum Gasteiger partial charge on any atom is 0.337 e. The minimum Gasteiger partial charge on any atom is -0.466 e. The van der Waals surface area contributed by atoms with Crippen LogP contribution >= 0.6 is 0 Å². The molecule has 1 aliphatic heterocycles. The number of nitriles is 1. The lowest BCUT2D eigenvalue weighted by Gasteiger charge is -2.33. The minimum atomic E-state index is -0.743. The quantitative estimate of drug-likeness (QED) is 0.851. The van der Waals surface area contributed by atoms with Crippen molar-refractivity contribution in [3.8, 4) is 6.07 Å². The Kier molecular flexibility index (Phi) is 4.45. The number of aromatic nitrogens is 1. The van der Waals surface area contributed by atoms with Crippen LogP contribution < -0.4 is 10.2 Å². The monoisotopic (exact) mass is 352 g/mol. The molecular weight excluding hydrogens is 336 g/mol. The van der Waals surface area contributed by atoms with Gasteiger partial charge in [-0.2, -0.15) is 5.26 Å². The van der Waals surface area contributed by atoms with Crippen LogP contribution in [-0.2, 0) is 9.53 Å². The van der Waals surface area contributed by atoms with Crippen LogP contribution in [0.4, 0.5) is 10.6 Å². The van der Waals surface area contributed by atoms with Crippen molar-refractivity contribution in [3.63, 3.8) is 0 Å². The Bertz CT molecular complexity index is 954. The number of esters is 1. The molecule has 1 N–H and O–H groups in total. The number of hydrogen-bond donors (Lipinski definition) is 1. The topological polar surface area (TPSA) is 108 Å². The molecule has 2 amide bonds. The molecule has 26 heavy (non-hydrogen) atoms. The van der Waals surface area contributed by atoms with Crippen LogP contribution in [0.1, 0.15) is 29.9 Å². The lowest BCUT2D eigenvalue weighted by Crippen LogP contribution is -2.48. The zero-order chi connectivity index (χ0) is 18.8. The van der Waals surface area contributed by atoms with Crippen molar-refractivity contribution in [2.45, 2.75) is 19.9 Å². The van der Waals surface area contributed by atoms with Crippen LogP contribution in [0.3, 0.4) is 0 Å². The summed E-state index contributed by atoms with van der Waals surface area (Å²) in [4.78, 5) is 26.4. The van der Waals surface area contributed by atoms with Crippen molar-refractivity contribution in [3.05, 3.63) is 58.5 Å². The van der Waals surface area contributed by atoms with Gasteiger partial charge in [0.1, 0.15) is 5.76 Å². The number of anilines is 1. The average Bonchev–Trinajstić information content (AvgIpc) is 3.06. The molecule has 3 rings (SSSR count). The Balaban J connectivity index is 2.14. The van der Waals surface area contributed by atoms with Crippen molar-refractivity contribution in [2.24, 2.45) is 0 Å². The number of carbonyl (C=O) groups excluding carboxylic acids is 2. The molecule has 0 unspecified atom stereocenters. The first kappa shape index (κ1) is 17.2. The molecule has 0 saturated heterocycles. The first-order valence-corrected chi connectivity index (χ1v) is 7.79. The summed E-state index contributed by atoms with van der Waals surface area (Å²) in [5, 5.41) is 15.7. The molecule has 1 atom stereocenters. The fourth-order valence-corrected chi connectivity index (χ4v) is 2.89. The molecule has 1 aromatic heterocycles. The van der Waals surface area contributed by atoms with E-state index in [4.69, 9.17) is 14.5 Å². The van der Waals surface area contributed by atoms with E-state index in [2.05, 4.69) is 10.5 Å². The maximum atomic E-state index is 12.7. The molecule has 2 aromatic rings. The smallest absolute Gasteiger partial charge is 0.337 e. The number of aryl methyl sites for hydroxylation is 1. The number of allylic oxidation sites excluding steroid dienone is 1. The third kappa shape index (κ3) is 2.91. The first-order valence-electron chi connectivity index (χ1n) is 7.79. The molecule has 0 spiro atoms. The third-order valence-electron chi connectivity index (χ3n) is 4.08. The normalized spacial score (nSPS) is 16.9. The summed E-state index contributed by atoms with van der Waals surface area (Å²) in [7, 11) is 1.27. The van der Waals surface area contributed by atoms with E-state index in [-0.39, 0.29) is 11.4 Å². The lowest BCUT2D eigenvalue weighted by molar-refractivity contribution is -0.136. The molecule has 8 nitrogen and oxygen atoms in total. The largest absolute Gasteiger partial charge is 0.466 e. The SMILES string of the molecule is COC(=O)C1=C(C)N(c2cc(C)on2)C(=O)N[C@H]1c1cccc(C#N)c1. The van der Waals surface area contributed by atoms with Crippen LogP contribution in [0.15, 0.2) is 46.1 Å². The van der Waals surface area contributed by atoms with Crippen molar-refractivity contribution in [1.29, 1.82) is 5.26 Å². The lowest BCUT2D eigenvalue weighted by atomic mass is 9.94. The van der Waals surface area contributed by atoms with Gasteiger partial charge >= 0.3 is 12.0 Å². The summed E-state index contributed by atoms with van der Waals surface area (Å²) in [6.45, 7) is 3.34. The van der Waals surface area contributed by atoms with Crippen molar-refractivity contribution >= 4 is 17.8 Å². The maximum absolute atomic E-state index is 12.7. The van der Waals surface area contributed by atoms with Gasteiger partial charge < -0.3 is 14.6 Å². The van der Waals surface area contributed by atoms with Gasteiger partial charge in [0.25, 0.3) is 0 Å². The van der Waals surface area contributed by atoms with Crippen LogP contribution in [0.25, 0.3) is 0 Å². The van der Waals surface area contributed by atoms with Crippen molar-refractivity contribution in [2.75, 3.05) is 12.0 Å². The molecule has 0 bridgehead atoms. The highest BCUT2D eigenvalue weighted by molar-refractivity contribution is 6.02. The Morgan fingerprint density at radius 1 is 1.38 bits per heavy atom. The van der Waals surface area contributed by atoms with Gasteiger partial charge in [-0.15, -0.1) is 0 Å². The first-order chi connectivity index (χ1) is 12.5. The predicted molar refractivity (Wildman–Crippen MR) is 90.9 cm³/mol. The highest BCUT2D eigenvalue weighted by atomic mass is 16.5. The van der Waals surface area contributed by atoms with E-state index in [1.54, 1.807) is 44.2 Å². The van der Waals surface area contributed by atoms with Gasteiger partial charge in [0.05, 0.1) is 30.4 Å². The summed E-state index contributed by atoms with van der Waals surface area (Å²) >= 11 is 0. The zero-order valence-corrected chi connectivity index (χ0v) is 14.4. The van der Waals surface area contributed by atoms with E-state index in [1.807, 2.05) is 6.07 Å². The summed E-state index contributed by atoms with van der Waals surface area (Å²) in [5.41, 5.74) is 1.66. The number of benzene rings is 1. The van der Waals surface area contributed by atoms with E-state index in [0.717, 1.165) is 0 Å². The van der Waals surface area contributed by atoms with Gasteiger partial charge in [-0.1, -0.05) is 17.3 Å². The second-order valence-corrected chi connectivity index (χ2v) is 5.74. The molecule has 1 aliphatic rings. The number of amides is 2. The molecular formula is C18H16N4O4. The van der Waals surface area contributed by atoms with Gasteiger partial charge in [-0.05, 0) is 31.5 Å². The van der Waals surface area contributed by atoms with Crippen molar-refractivity contribution < 1.29 is 18.8 Å². The Morgan fingerprint density at radius 2 is 2.15 bits per heavy atom. The zero-order valence-electron chi connectivity index (χ0n) is 14.4. The highest BCUT2D eigenvalue weighted by Gasteiger charge is 2.38. The van der Waals surface area contributed by atoms with E-state index in [9.17, 15) is 9.59 Å². The Morgan fingerprint density at radius 3 is 2.77 bits per heavy atom. The van der Waals surface area contributed by atoms with Gasteiger partial charge in [-0.3, -0.25) is 0 Å². The van der Waals surface area contributed by atoms with Crippen LogP contribution in [-0.4, -0.2) is 24.3 Å². The molecule has 2 heterocycles. The Hall–Kier alpha value is -3.60. The second-order valence-electron chi connectivity index (χ2n) is 5.74. The molecule has 8 heteroatoms. The fraction of sp³-hybridized carbons (Fsp3) is 0.222. The van der Waals surface area contributed by atoms with E-state index in [1.165, 1.54) is 12.0 Å². The van der Waals surface area contributed by atoms with E-state index >= 15 is 0 Å². The number of urea groups is 1. The van der Waals surface area contributed by atoms with Gasteiger partial charge in [0.15, 0.2) is 5.82 Å². The van der Waals surface area contributed by atoms with Gasteiger partial charge in [0, 0.05) is 11.8 Å². The molecule has 0 fully saturated rings. The third-order valence-corrected chi connectivity index (χ3v) is 4.08. The second kappa shape index (κ2) is 6.72. The molecule has 132 valence electrons. The highest BCUT2D eigenvalue weighted by Crippen LogP contribution is 2.34. The average molecular weight is 352 g/mol. The number of nitrogens with one attached hydrogen (secondary N) is 1. The molecule has 0 aliphatic carbocycles. The number of nitrogens with zero attached hydrogens (tertiary/aromatic N) is 3. The van der Waals surface area contributed by atoms with Gasteiger partial charge in [0.2, 0.25) is 0 Å².